The number of benzene rings is 4. The zero-order valence-electron chi connectivity index (χ0n) is 36.6. The van der Waals surface area contributed by atoms with E-state index in [9.17, 15) is 29.2 Å². The van der Waals surface area contributed by atoms with E-state index in [-0.39, 0.29) is 70.0 Å². The maximum absolute atomic E-state index is 14.8. The van der Waals surface area contributed by atoms with Gasteiger partial charge in [-0.3, -0.25) is 24.0 Å². The molecule has 0 radical (unpaired) electrons. The van der Waals surface area contributed by atoms with Gasteiger partial charge in [0.25, 0.3) is 0 Å². The van der Waals surface area contributed by atoms with Crippen LogP contribution in [-0.2, 0) is 25.6 Å². The molecule has 0 aromatic heterocycles. The Balaban J connectivity index is 1.58. The average molecular weight is 857 g/mol. The molecule has 0 spiro atoms. The van der Waals surface area contributed by atoms with Crippen molar-refractivity contribution in [2.45, 2.75) is 77.3 Å². The number of nitriles is 1. The van der Waals surface area contributed by atoms with Crippen LogP contribution in [0.5, 0.6) is 11.5 Å². The van der Waals surface area contributed by atoms with Crippen LogP contribution < -0.4 is 32.0 Å². The number of unbranched alkanes of at least 4 members (excludes halogenated alkanes) is 1. The van der Waals surface area contributed by atoms with Crippen LogP contribution >= 0.6 is 0 Å². The van der Waals surface area contributed by atoms with Crippen molar-refractivity contribution in [1.82, 2.24) is 10.2 Å². The maximum Gasteiger partial charge on any atom is 0.226 e. The molecule has 4 unspecified atom stereocenters. The van der Waals surface area contributed by atoms with E-state index in [1.165, 1.54) is 4.90 Å². The van der Waals surface area contributed by atoms with Crippen LogP contribution in [0.1, 0.15) is 85.0 Å². The number of nitrogens with zero attached hydrogens (tertiary/aromatic N) is 2. The number of nitrogens with two attached hydrogens (primary N) is 3. The first kappa shape index (κ1) is 47.8. The SMILES string of the molecule is Cc1ccc(-c2ccc(C(=O)CC(CCCCN)C(=O)N(C)C3C(=O)CC(C)C(=O)NC(C(=O)CCC#N)Cc4ccc(OCCN)c(c4)-c4cc3ccc4OCCN)cc2)cc1. The largest absolute Gasteiger partial charge is 0.492 e. The molecule has 0 saturated carbocycles. The van der Waals surface area contributed by atoms with Gasteiger partial charge in [-0.2, -0.15) is 5.26 Å². The number of carbonyl (C=O) groups is 5. The zero-order chi connectivity index (χ0) is 45.5. The summed E-state index contributed by atoms with van der Waals surface area (Å²) in [6, 6.07) is 25.9. The van der Waals surface area contributed by atoms with Crippen molar-refractivity contribution in [2.75, 3.05) is 39.9 Å². The first-order valence-electron chi connectivity index (χ1n) is 21.7. The van der Waals surface area contributed by atoms with Gasteiger partial charge in [0.2, 0.25) is 11.8 Å². The summed E-state index contributed by atoms with van der Waals surface area (Å²) in [5.41, 5.74) is 23.4. The van der Waals surface area contributed by atoms with E-state index in [1.807, 2.05) is 55.5 Å². The molecule has 1 heterocycles. The molecule has 13 heteroatoms. The number of ether oxygens (including phenoxy) is 2. The summed E-state index contributed by atoms with van der Waals surface area (Å²) in [6.07, 6.45) is 1.25. The second-order valence-corrected chi connectivity index (χ2v) is 16.2. The first-order chi connectivity index (χ1) is 30.4. The first-order valence-corrected chi connectivity index (χ1v) is 21.7. The third-order valence-electron chi connectivity index (χ3n) is 11.4. The number of likely N-dealkylation sites (N-methyl/N-ethyl adjacent to an activating group) is 1. The monoisotopic (exact) mass is 856 g/mol. The number of aryl methyl sites for hydroxylation is 1. The Hall–Kier alpha value is -6.20. The highest BCUT2D eigenvalue weighted by atomic mass is 16.5. The standard InChI is InChI=1S/C50H60N6O7/c1-32-9-12-35(13-10-32)36-14-16-37(17-15-36)44(58)31-39(7-4-5-21-51)50(61)56(3)48-38-18-20-47(63-26-24-54)41(30-38)40-28-34(11-19-46(40)62-25-23-53)29-42(43(57)8-6-22-52)55-49(60)33(2)27-45(48)59/h9-20,28,30,33,39,42,48H,4-8,21,23-27,29,31,51,53-54H2,1-3H3,(H,55,60). The van der Waals surface area contributed by atoms with Crippen molar-refractivity contribution in [1.29, 1.82) is 5.26 Å². The van der Waals surface area contributed by atoms with Crippen LogP contribution in [0, 0.1) is 30.1 Å². The van der Waals surface area contributed by atoms with Gasteiger partial charge in [-0.15, -0.1) is 0 Å². The van der Waals surface area contributed by atoms with Crippen molar-refractivity contribution < 1.29 is 33.4 Å². The predicted molar refractivity (Wildman–Crippen MR) is 243 cm³/mol. The Bertz CT molecular complexity index is 2270. The Kier molecular flexibility index (Phi) is 17.7. The van der Waals surface area contributed by atoms with Gasteiger partial charge in [0, 0.05) is 74.3 Å². The van der Waals surface area contributed by atoms with Gasteiger partial charge < -0.3 is 36.9 Å². The van der Waals surface area contributed by atoms with Gasteiger partial charge >= 0.3 is 0 Å². The Morgan fingerprint density at radius 3 is 2.06 bits per heavy atom. The van der Waals surface area contributed by atoms with Gasteiger partial charge in [0.15, 0.2) is 17.3 Å². The summed E-state index contributed by atoms with van der Waals surface area (Å²) < 4.78 is 12.3. The lowest BCUT2D eigenvalue weighted by Crippen LogP contribution is -2.45. The van der Waals surface area contributed by atoms with E-state index < -0.39 is 41.5 Å². The fourth-order valence-electron chi connectivity index (χ4n) is 7.91. The lowest BCUT2D eigenvalue weighted by molar-refractivity contribution is -0.142. The number of hydrogen-bond donors (Lipinski definition) is 4. The van der Waals surface area contributed by atoms with E-state index in [0.717, 1.165) is 16.7 Å². The predicted octanol–water partition coefficient (Wildman–Crippen LogP) is 6.03. The molecule has 1 aliphatic rings. The van der Waals surface area contributed by atoms with Crippen LogP contribution in [0.3, 0.4) is 0 Å². The quantitative estimate of drug-likeness (QED) is 0.0630. The summed E-state index contributed by atoms with van der Waals surface area (Å²) in [4.78, 5) is 72.2. The van der Waals surface area contributed by atoms with Crippen molar-refractivity contribution in [2.24, 2.45) is 29.0 Å². The molecule has 5 rings (SSSR count). The number of fused-ring (bicyclic) bond motifs is 5. The van der Waals surface area contributed by atoms with Crippen molar-refractivity contribution in [3.8, 4) is 39.8 Å². The third kappa shape index (κ3) is 12.7. The highest BCUT2D eigenvalue weighted by Crippen LogP contribution is 2.41. The highest BCUT2D eigenvalue weighted by molar-refractivity contribution is 6.00. The molecule has 0 saturated heterocycles. The number of carbonyl (C=O) groups excluding carboxylic acids is 5. The molecule has 2 amide bonds. The van der Waals surface area contributed by atoms with E-state index in [1.54, 1.807) is 56.4 Å². The van der Waals surface area contributed by atoms with Crippen LogP contribution in [0.25, 0.3) is 22.3 Å². The summed E-state index contributed by atoms with van der Waals surface area (Å²) in [5, 5.41) is 12.1. The van der Waals surface area contributed by atoms with E-state index in [2.05, 4.69) is 5.32 Å². The number of hydrogen-bond acceptors (Lipinski definition) is 11. The maximum atomic E-state index is 14.8. The Morgan fingerprint density at radius 1 is 0.825 bits per heavy atom. The van der Waals surface area contributed by atoms with E-state index in [0.29, 0.717) is 65.1 Å². The molecule has 4 bridgehead atoms. The van der Waals surface area contributed by atoms with Crippen molar-refractivity contribution in [3.63, 3.8) is 0 Å². The van der Waals surface area contributed by atoms with Crippen molar-refractivity contribution >= 4 is 29.2 Å². The molecule has 0 aliphatic carbocycles. The average Bonchev–Trinajstić information content (AvgIpc) is 3.28. The highest BCUT2D eigenvalue weighted by Gasteiger charge is 2.36. The topological polar surface area (TPSA) is 221 Å². The van der Waals surface area contributed by atoms with Gasteiger partial charge in [-0.1, -0.05) is 79.6 Å². The molecule has 1 aliphatic heterocycles. The second-order valence-electron chi connectivity index (χ2n) is 16.2. The number of nitrogens with one attached hydrogen (secondary N) is 1. The zero-order valence-corrected chi connectivity index (χ0v) is 36.6. The molecule has 0 fully saturated rings. The molecule has 4 aromatic rings. The minimum atomic E-state index is -1.19. The molecular weight excluding hydrogens is 797 g/mol. The van der Waals surface area contributed by atoms with Gasteiger partial charge in [0.1, 0.15) is 30.8 Å². The van der Waals surface area contributed by atoms with Crippen LogP contribution in [0.4, 0.5) is 0 Å². The fourth-order valence-corrected chi connectivity index (χ4v) is 7.91. The normalized spacial score (nSPS) is 16.8. The smallest absolute Gasteiger partial charge is 0.226 e. The number of Topliss-reactive ketones (excluding diaryl/α,β-unsaturated/α-hetero) is 3. The minimum absolute atomic E-state index is 0.0217. The number of amides is 2. The summed E-state index contributed by atoms with van der Waals surface area (Å²) in [7, 11) is 1.55. The number of rotatable bonds is 19. The van der Waals surface area contributed by atoms with Gasteiger partial charge in [-0.05, 0) is 79.3 Å². The molecule has 332 valence electrons. The Labute approximate surface area is 370 Å². The van der Waals surface area contributed by atoms with Crippen LogP contribution in [-0.4, -0.2) is 80.0 Å². The van der Waals surface area contributed by atoms with Gasteiger partial charge in [0.05, 0.1) is 12.1 Å². The Morgan fingerprint density at radius 2 is 1.44 bits per heavy atom. The second kappa shape index (κ2) is 23.3. The van der Waals surface area contributed by atoms with Gasteiger partial charge in [-0.25, -0.2) is 0 Å². The van der Waals surface area contributed by atoms with Crippen LogP contribution in [0.15, 0.2) is 84.9 Å². The summed E-state index contributed by atoms with van der Waals surface area (Å²) in [5.74, 6) is -2.67. The molecule has 4 atom stereocenters. The lowest BCUT2D eigenvalue weighted by Gasteiger charge is -2.32. The van der Waals surface area contributed by atoms with E-state index in [4.69, 9.17) is 26.7 Å². The van der Waals surface area contributed by atoms with Crippen LogP contribution in [0.2, 0.25) is 0 Å². The van der Waals surface area contributed by atoms with Crippen molar-refractivity contribution in [3.05, 3.63) is 107 Å². The van der Waals surface area contributed by atoms with E-state index >= 15 is 0 Å². The molecule has 4 aromatic carbocycles. The summed E-state index contributed by atoms with van der Waals surface area (Å²) >= 11 is 0. The summed E-state index contributed by atoms with van der Waals surface area (Å²) in [6.45, 7) is 4.86. The molecule has 7 N–H and O–H groups in total. The fraction of sp³-hybridized carbons (Fsp3) is 0.400. The third-order valence-corrected chi connectivity index (χ3v) is 11.4. The molecular formula is C50H60N6O7. The lowest BCUT2D eigenvalue weighted by atomic mass is 9.87. The minimum Gasteiger partial charge on any atom is -0.492 e. The molecule has 13 nitrogen and oxygen atoms in total. The number of ketones is 3. The molecule has 63 heavy (non-hydrogen) atoms.